The standard InChI is InChI=1S/C24H30N6O6S/c1-3-30-23(34)18(37-24(30)15(12-25)22(33)27-16-6-4-7-17(16)31)13-26-19-8-5-9-20(28-19)29-21(32)14-36-11-10-35-2/h5,8-9,13,16-17,31H,3-4,6-7,10-11,14H2,1-2H3,(H,27,33)(H2,26,28,29,32)/b18-13+,24-15-/t16-,17-/m0/s1. The average molecular weight is 531 g/mol. The van der Waals surface area contributed by atoms with E-state index in [1.807, 2.05) is 6.07 Å². The lowest BCUT2D eigenvalue weighted by Crippen LogP contribution is -2.42. The molecule has 2 aromatic heterocycles. The normalized spacial score (nSPS) is 18.3. The lowest BCUT2D eigenvalue weighted by Gasteiger charge is -2.15. The van der Waals surface area contributed by atoms with Crippen LogP contribution in [-0.4, -0.2) is 65.5 Å². The highest BCUT2D eigenvalue weighted by molar-refractivity contribution is 7.07. The molecule has 1 saturated carbocycles. The van der Waals surface area contributed by atoms with Crippen molar-refractivity contribution in [1.29, 1.82) is 5.26 Å². The van der Waals surface area contributed by atoms with E-state index in [0.717, 1.165) is 17.8 Å². The first-order valence-corrected chi connectivity index (χ1v) is 12.6. The van der Waals surface area contributed by atoms with E-state index in [0.29, 0.717) is 37.7 Å². The fraction of sp³-hybridized carbons (Fsp3) is 0.458. The van der Waals surface area contributed by atoms with E-state index < -0.39 is 18.1 Å². The van der Waals surface area contributed by atoms with E-state index in [4.69, 9.17) is 9.47 Å². The minimum absolute atomic E-state index is 0.144. The summed E-state index contributed by atoms with van der Waals surface area (Å²) in [7, 11) is 1.54. The number of amides is 2. The highest BCUT2D eigenvalue weighted by Gasteiger charge is 2.28. The minimum atomic E-state index is -0.648. The number of nitriles is 1. The van der Waals surface area contributed by atoms with Crippen LogP contribution in [0.5, 0.6) is 0 Å². The summed E-state index contributed by atoms with van der Waals surface area (Å²) in [5, 5.41) is 28.0. The van der Waals surface area contributed by atoms with E-state index in [1.54, 1.807) is 25.1 Å². The first-order chi connectivity index (χ1) is 17.9. The van der Waals surface area contributed by atoms with Gasteiger partial charge in [0.15, 0.2) is 5.57 Å². The zero-order valence-corrected chi connectivity index (χ0v) is 21.5. The first kappa shape index (κ1) is 28.0. The monoisotopic (exact) mass is 530 g/mol. The van der Waals surface area contributed by atoms with Crippen LogP contribution in [0.1, 0.15) is 26.2 Å². The number of methoxy groups -OCH3 is 1. The molecule has 2 atom stereocenters. The van der Waals surface area contributed by atoms with Crippen LogP contribution in [0.15, 0.2) is 23.0 Å². The van der Waals surface area contributed by atoms with E-state index in [9.17, 15) is 24.8 Å². The third-order valence-electron chi connectivity index (χ3n) is 5.61. The molecule has 1 fully saturated rings. The second kappa shape index (κ2) is 13.7. The Morgan fingerprint density at radius 3 is 2.78 bits per heavy atom. The molecule has 0 aromatic carbocycles. The summed E-state index contributed by atoms with van der Waals surface area (Å²) in [5.41, 5.74) is -0.549. The maximum Gasteiger partial charge on any atom is 0.270 e. The highest BCUT2D eigenvalue weighted by Crippen LogP contribution is 2.19. The van der Waals surface area contributed by atoms with Crippen molar-refractivity contribution in [1.82, 2.24) is 14.9 Å². The van der Waals surface area contributed by atoms with Crippen molar-refractivity contribution >= 4 is 46.6 Å². The number of aliphatic hydroxyl groups is 1. The van der Waals surface area contributed by atoms with Crippen LogP contribution in [0.2, 0.25) is 0 Å². The summed E-state index contributed by atoms with van der Waals surface area (Å²) < 4.78 is 11.9. The van der Waals surface area contributed by atoms with E-state index >= 15 is 0 Å². The van der Waals surface area contributed by atoms with Gasteiger partial charge in [-0.3, -0.25) is 19.0 Å². The molecular weight excluding hydrogens is 500 g/mol. The van der Waals surface area contributed by atoms with E-state index in [-0.39, 0.29) is 39.4 Å². The van der Waals surface area contributed by atoms with Crippen LogP contribution >= 0.6 is 11.3 Å². The number of aromatic nitrogens is 2. The van der Waals surface area contributed by atoms with Crippen molar-refractivity contribution in [3.63, 3.8) is 0 Å². The van der Waals surface area contributed by atoms with Crippen molar-refractivity contribution in [2.24, 2.45) is 0 Å². The molecule has 0 unspecified atom stereocenters. The predicted molar refractivity (Wildman–Crippen MR) is 138 cm³/mol. The van der Waals surface area contributed by atoms with E-state index in [2.05, 4.69) is 20.9 Å². The van der Waals surface area contributed by atoms with Crippen LogP contribution < -0.4 is 30.7 Å². The number of carbonyl (C=O) groups excluding carboxylic acids is 2. The maximum absolute atomic E-state index is 12.9. The molecule has 0 saturated heterocycles. The number of nitrogens with zero attached hydrogens (tertiary/aromatic N) is 3. The zero-order valence-electron chi connectivity index (χ0n) is 20.7. The predicted octanol–water partition coefficient (Wildman–Crippen LogP) is -0.520. The van der Waals surface area contributed by atoms with Crippen molar-refractivity contribution in [3.8, 4) is 6.07 Å². The molecule has 1 aliphatic carbocycles. The Hall–Kier alpha value is -3.57. The van der Waals surface area contributed by atoms with Gasteiger partial charge in [-0.2, -0.15) is 5.26 Å². The summed E-state index contributed by atoms with van der Waals surface area (Å²) in [6, 6.07) is 6.44. The van der Waals surface area contributed by atoms with Gasteiger partial charge in [0, 0.05) is 19.9 Å². The van der Waals surface area contributed by atoms with Crippen molar-refractivity contribution in [3.05, 3.63) is 37.7 Å². The molecule has 4 N–H and O–H groups in total. The van der Waals surface area contributed by atoms with Gasteiger partial charge in [0.1, 0.15) is 33.5 Å². The molecule has 0 spiro atoms. The Morgan fingerprint density at radius 1 is 1.32 bits per heavy atom. The number of rotatable bonds is 11. The Labute approximate surface area is 217 Å². The van der Waals surface area contributed by atoms with Gasteiger partial charge in [-0.15, -0.1) is 11.3 Å². The van der Waals surface area contributed by atoms with Crippen LogP contribution in [0, 0.1) is 11.3 Å². The van der Waals surface area contributed by atoms with Crippen molar-refractivity contribution in [2.75, 3.05) is 37.6 Å². The quantitative estimate of drug-likeness (QED) is 0.279. The molecule has 12 nitrogen and oxygen atoms in total. The van der Waals surface area contributed by atoms with Crippen LogP contribution in [0.4, 0.5) is 11.6 Å². The smallest absolute Gasteiger partial charge is 0.270 e. The molecule has 37 heavy (non-hydrogen) atoms. The fourth-order valence-corrected chi connectivity index (χ4v) is 4.83. The molecule has 2 aromatic rings. The molecule has 1 aliphatic rings. The van der Waals surface area contributed by atoms with Gasteiger partial charge in [-0.25, -0.2) is 4.98 Å². The Morgan fingerprint density at radius 2 is 2.11 bits per heavy atom. The van der Waals surface area contributed by atoms with Gasteiger partial charge in [0.2, 0.25) is 0 Å². The largest absolute Gasteiger partial charge is 0.391 e. The molecule has 13 heteroatoms. The van der Waals surface area contributed by atoms with Crippen molar-refractivity contribution < 1.29 is 24.2 Å². The number of ether oxygens (including phenoxy) is 2. The number of hydrogen-bond donors (Lipinski definition) is 4. The molecule has 2 heterocycles. The Balaban J connectivity index is 1.80. The number of pyridine rings is 1. The second-order valence-electron chi connectivity index (χ2n) is 8.18. The van der Waals surface area contributed by atoms with Gasteiger partial charge in [-0.1, -0.05) is 6.07 Å². The van der Waals surface area contributed by atoms with Gasteiger partial charge >= 0.3 is 0 Å². The maximum atomic E-state index is 12.9. The lowest BCUT2D eigenvalue weighted by molar-refractivity contribution is -0.121. The average Bonchev–Trinajstić information content (AvgIpc) is 3.43. The molecule has 0 radical (unpaired) electrons. The number of hydrogen-bond acceptors (Lipinski definition) is 10. The summed E-state index contributed by atoms with van der Waals surface area (Å²) >= 11 is 1.00. The highest BCUT2D eigenvalue weighted by atomic mass is 32.1. The Bertz CT molecular complexity index is 1330. The number of aliphatic hydroxyl groups excluding tert-OH is 1. The summed E-state index contributed by atoms with van der Waals surface area (Å²) in [6.45, 7) is 2.53. The molecular formula is C24H30N6O6S. The van der Waals surface area contributed by atoms with Gasteiger partial charge in [0.05, 0.1) is 25.4 Å². The molecule has 0 bridgehead atoms. The van der Waals surface area contributed by atoms with Crippen LogP contribution in [0.25, 0.3) is 11.8 Å². The SMILES string of the molecule is CCn1c(=O)/c(=C\Nc2cccc(NC(=O)COCCOC)n2)s/c1=C(/C#N)C(=O)N[C@H]1CCC[C@@H]1O. The molecule has 198 valence electrons. The fourth-order valence-electron chi connectivity index (χ4n) is 3.75. The molecule has 0 aliphatic heterocycles. The second-order valence-corrected chi connectivity index (χ2v) is 9.21. The summed E-state index contributed by atoms with van der Waals surface area (Å²) in [5.74, 6) is -0.329. The number of nitrogens with one attached hydrogen (secondary N) is 3. The lowest BCUT2D eigenvalue weighted by atomic mass is 10.2. The number of carbonyl (C=O) groups is 2. The summed E-state index contributed by atoms with van der Waals surface area (Å²) in [4.78, 5) is 42.0. The number of anilines is 2. The van der Waals surface area contributed by atoms with Gasteiger partial charge in [0.25, 0.3) is 17.4 Å². The minimum Gasteiger partial charge on any atom is -0.391 e. The van der Waals surface area contributed by atoms with Crippen LogP contribution in [-0.2, 0) is 25.6 Å². The zero-order chi connectivity index (χ0) is 26.8. The number of thiazole rings is 1. The topological polar surface area (TPSA) is 168 Å². The first-order valence-electron chi connectivity index (χ1n) is 11.8. The van der Waals surface area contributed by atoms with Crippen LogP contribution in [0.3, 0.4) is 0 Å². The molecule has 2 amide bonds. The summed E-state index contributed by atoms with van der Waals surface area (Å²) in [6.07, 6.45) is 2.81. The van der Waals surface area contributed by atoms with Gasteiger partial charge in [-0.05, 0) is 38.3 Å². The van der Waals surface area contributed by atoms with Gasteiger partial charge < -0.3 is 30.5 Å². The third kappa shape index (κ3) is 7.46. The molecule has 3 rings (SSSR count). The van der Waals surface area contributed by atoms with Crippen molar-refractivity contribution in [2.45, 2.75) is 44.9 Å². The van der Waals surface area contributed by atoms with E-state index in [1.165, 1.54) is 17.9 Å². The third-order valence-corrected chi connectivity index (χ3v) is 6.74. The Kier molecular flexibility index (Phi) is 10.3.